The molecule has 2 amide bonds. The SMILES string of the molecule is COc1cccc(Cc2nnc(NC(=O)N3CCN(Cc4ccco4)CC3)s2)c1. The smallest absolute Gasteiger partial charge is 0.323 e. The standard InChI is InChI=1S/C20H23N5O3S/c1-27-16-5-2-4-15(12-16)13-18-22-23-19(29-18)21-20(26)25-9-7-24(8-10-25)14-17-6-3-11-28-17/h2-6,11-12H,7-10,13-14H2,1H3,(H,21,23,26). The Kier molecular flexibility index (Phi) is 6.06. The van der Waals surface area contributed by atoms with Crippen molar-refractivity contribution in [2.75, 3.05) is 38.6 Å². The van der Waals surface area contributed by atoms with Crippen molar-refractivity contribution in [2.24, 2.45) is 0 Å². The Morgan fingerprint density at radius 3 is 2.83 bits per heavy atom. The van der Waals surface area contributed by atoms with E-state index in [-0.39, 0.29) is 6.03 Å². The molecule has 2 aromatic heterocycles. The summed E-state index contributed by atoms with van der Waals surface area (Å²) >= 11 is 1.39. The van der Waals surface area contributed by atoms with E-state index in [9.17, 15) is 4.79 Å². The van der Waals surface area contributed by atoms with Crippen LogP contribution in [0.1, 0.15) is 16.3 Å². The lowest BCUT2D eigenvalue weighted by molar-refractivity contribution is 0.137. The number of nitrogens with one attached hydrogen (secondary N) is 1. The number of furan rings is 1. The minimum absolute atomic E-state index is 0.133. The lowest BCUT2D eigenvalue weighted by Crippen LogP contribution is -2.49. The summed E-state index contributed by atoms with van der Waals surface area (Å²) in [5.41, 5.74) is 1.09. The molecule has 1 fully saturated rings. The monoisotopic (exact) mass is 413 g/mol. The van der Waals surface area contributed by atoms with Gasteiger partial charge in [-0.1, -0.05) is 23.5 Å². The summed E-state index contributed by atoms with van der Waals surface area (Å²) in [5.74, 6) is 1.76. The largest absolute Gasteiger partial charge is 0.497 e. The van der Waals surface area contributed by atoms with Gasteiger partial charge in [0.15, 0.2) is 0 Å². The third-order valence-corrected chi connectivity index (χ3v) is 5.63. The molecule has 3 aromatic rings. The van der Waals surface area contributed by atoms with Gasteiger partial charge in [0.1, 0.15) is 16.5 Å². The Hall–Kier alpha value is -2.91. The van der Waals surface area contributed by atoms with E-state index in [1.54, 1.807) is 13.4 Å². The molecular formula is C20H23N5O3S. The molecule has 0 bridgehead atoms. The van der Waals surface area contributed by atoms with Gasteiger partial charge in [-0.2, -0.15) is 0 Å². The van der Waals surface area contributed by atoms with E-state index in [0.717, 1.165) is 41.7 Å². The zero-order chi connectivity index (χ0) is 20.1. The first kappa shape index (κ1) is 19.4. The highest BCUT2D eigenvalue weighted by Gasteiger charge is 2.22. The summed E-state index contributed by atoms with van der Waals surface area (Å²) in [6.07, 6.45) is 2.33. The number of methoxy groups -OCH3 is 1. The first-order valence-corrected chi connectivity index (χ1v) is 10.3. The van der Waals surface area contributed by atoms with Crippen LogP contribution in [0.15, 0.2) is 47.1 Å². The van der Waals surface area contributed by atoms with Gasteiger partial charge in [-0.25, -0.2) is 4.79 Å². The van der Waals surface area contributed by atoms with Crippen LogP contribution in [0, 0.1) is 0 Å². The van der Waals surface area contributed by atoms with Crippen molar-refractivity contribution in [1.29, 1.82) is 0 Å². The van der Waals surface area contributed by atoms with Gasteiger partial charge >= 0.3 is 6.03 Å². The lowest BCUT2D eigenvalue weighted by atomic mass is 10.1. The quantitative estimate of drug-likeness (QED) is 0.669. The molecule has 1 aromatic carbocycles. The van der Waals surface area contributed by atoms with E-state index in [2.05, 4.69) is 20.4 Å². The molecule has 4 rings (SSSR count). The summed E-state index contributed by atoms with van der Waals surface area (Å²) in [6.45, 7) is 3.73. The van der Waals surface area contributed by atoms with Crippen LogP contribution in [0.2, 0.25) is 0 Å². The third-order valence-electron chi connectivity index (χ3n) is 4.79. The van der Waals surface area contributed by atoms with E-state index in [4.69, 9.17) is 9.15 Å². The summed E-state index contributed by atoms with van der Waals surface area (Å²) in [4.78, 5) is 16.6. The first-order valence-electron chi connectivity index (χ1n) is 9.45. The van der Waals surface area contributed by atoms with Crippen LogP contribution in [0.4, 0.5) is 9.93 Å². The summed E-state index contributed by atoms with van der Waals surface area (Å²) in [6, 6.07) is 11.6. The van der Waals surface area contributed by atoms with Crippen molar-refractivity contribution in [2.45, 2.75) is 13.0 Å². The molecule has 0 aliphatic carbocycles. The number of hydrogen-bond acceptors (Lipinski definition) is 7. The average molecular weight is 414 g/mol. The molecule has 3 heterocycles. The molecule has 0 unspecified atom stereocenters. The number of carbonyl (C=O) groups is 1. The number of nitrogens with zero attached hydrogens (tertiary/aromatic N) is 4. The van der Waals surface area contributed by atoms with Crippen molar-refractivity contribution >= 4 is 22.5 Å². The zero-order valence-electron chi connectivity index (χ0n) is 16.2. The fourth-order valence-electron chi connectivity index (χ4n) is 3.24. The van der Waals surface area contributed by atoms with Crippen LogP contribution in [-0.4, -0.2) is 59.3 Å². The van der Waals surface area contributed by atoms with Gasteiger partial charge in [-0.3, -0.25) is 10.2 Å². The molecule has 1 saturated heterocycles. The van der Waals surface area contributed by atoms with Crippen molar-refractivity contribution in [3.8, 4) is 5.75 Å². The molecular weight excluding hydrogens is 390 g/mol. The van der Waals surface area contributed by atoms with Gasteiger partial charge in [0, 0.05) is 32.6 Å². The molecule has 9 heteroatoms. The predicted octanol–water partition coefficient (Wildman–Crippen LogP) is 3.08. The number of carbonyl (C=O) groups excluding carboxylic acids is 1. The maximum atomic E-state index is 12.5. The molecule has 0 radical (unpaired) electrons. The van der Waals surface area contributed by atoms with Gasteiger partial charge < -0.3 is 14.1 Å². The minimum Gasteiger partial charge on any atom is -0.497 e. The van der Waals surface area contributed by atoms with Crippen molar-refractivity contribution in [1.82, 2.24) is 20.0 Å². The minimum atomic E-state index is -0.133. The van der Waals surface area contributed by atoms with Crippen molar-refractivity contribution in [3.05, 3.63) is 59.0 Å². The number of aromatic nitrogens is 2. The Balaban J connectivity index is 1.27. The highest BCUT2D eigenvalue weighted by molar-refractivity contribution is 7.15. The number of amides is 2. The Morgan fingerprint density at radius 1 is 1.21 bits per heavy atom. The van der Waals surface area contributed by atoms with Crippen LogP contribution in [0.25, 0.3) is 0 Å². The number of hydrogen-bond donors (Lipinski definition) is 1. The molecule has 0 spiro atoms. The van der Waals surface area contributed by atoms with Crippen LogP contribution < -0.4 is 10.1 Å². The highest BCUT2D eigenvalue weighted by atomic mass is 32.1. The molecule has 29 heavy (non-hydrogen) atoms. The summed E-state index contributed by atoms with van der Waals surface area (Å²) in [5, 5.41) is 12.5. The van der Waals surface area contributed by atoms with E-state index in [0.29, 0.717) is 24.6 Å². The second-order valence-electron chi connectivity index (χ2n) is 6.80. The molecule has 1 aliphatic heterocycles. The van der Waals surface area contributed by atoms with Gasteiger partial charge in [0.25, 0.3) is 0 Å². The van der Waals surface area contributed by atoms with E-state index < -0.39 is 0 Å². The van der Waals surface area contributed by atoms with Gasteiger partial charge in [-0.15, -0.1) is 10.2 Å². The van der Waals surface area contributed by atoms with Crippen LogP contribution in [0.5, 0.6) is 5.75 Å². The number of benzene rings is 1. The van der Waals surface area contributed by atoms with Gasteiger partial charge in [-0.05, 0) is 29.8 Å². The number of anilines is 1. The van der Waals surface area contributed by atoms with E-state index in [1.807, 2.05) is 41.3 Å². The lowest BCUT2D eigenvalue weighted by Gasteiger charge is -2.33. The fraction of sp³-hybridized carbons (Fsp3) is 0.350. The maximum absolute atomic E-state index is 12.5. The van der Waals surface area contributed by atoms with Crippen LogP contribution in [-0.2, 0) is 13.0 Å². The molecule has 0 saturated carbocycles. The number of ether oxygens (including phenoxy) is 1. The number of urea groups is 1. The molecule has 1 N–H and O–H groups in total. The van der Waals surface area contributed by atoms with E-state index >= 15 is 0 Å². The predicted molar refractivity (Wildman–Crippen MR) is 110 cm³/mol. The van der Waals surface area contributed by atoms with Gasteiger partial charge in [0.2, 0.25) is 5.13 Å². The topological polar surface area (TPSA) is 83.7 Å². The molecule has 1 aliphatic rings. The Bertz CT molecular complexity index is 935. The maximum Gasteiger partial charge on any atom is 0.323 e. The molecule has 0 atom stereocenters. The van der Waals surface area contributed by atoms with Crippen molar-refractivity contribution < 1.29 is 13.9 Å². The van der Waals surface area contributed by atoms with E-state index in [1.165, 1.54) is 11.3 Å². The van der Waals surface area contributed by atoms with Crippen molar-refractivity contribution in [3.63, 3.8) is 0 Å². The van der Waals surface area contributed by atoms with Crippen LogP contribution >= 0.6 is 11.3 Å². The fourth-order valence-corrected chi connectivity index (χ4v) is 4.00. The summed E-state index contributed by atoms with van der Waals surface area (Å²) < 4.78 is 10.6. The first-order chi connectivity index (χ1) is 14.2. The highest BCUT2D eigenvalue weighted by Crippen LogP contribution is 2.21. The molecule has 8 nitrogen and oxygen atoms in total. The average Bonchev–Trinajstić information content (AvgIpc) is 3.41. The third kappa shape index (κ3) is 5.12. The Labute approximate surface area is 173 Å². The Morgan fingerprint density at radius 2 is 2.07 bits per heavy atom. The normalized spacial score (nSPS) is 14.7. The zero-order valence-corrected chi connectivity index (χ0v) is 17.0. The second-order valence-corrected chi connectivity index (χ2v) is 7.86. The van der Waals surface area contributed by atoms with Gasteiger partial charge in [0.05, 0.1) is 19.9 Å². The number of piperazine rings is 1. The summed E-state index contributed by atoms with van der Waals surface area (Å²) in [7, 11) is 1.65. The number of rotatable bonds is 6. The molecule has 152 valence electrons. The van der Waals surface area contributed by atoms with Crippen LogP contribution in [0.3, 0.4) is 0 Å². The second kappa shape index (κ2) is 9.06.